The Labute approximate surface area is 93.2 Å². The summed E-state index contributed by atoms with van der Waals surface area (Å²) >= 11 is 3.40. The minimum atomic E-state index is 0.441. The molecule has 0 radical (unpaired) electrons. The van der Waals surface area contributed by atoms with Gasteiger partial charge in [0, 0.05) is 24.1 Å². The fourth-order valence-corrected chi connectivity index (χ4v) is 2.54. The van der Waals surface area contributed by atoms with Crippen LogP contribution in [0.4, 0.5) is 0 Å². The first kappa shape index (κ1) is 10.2. The molecule has 78 valence electrons. The van der Waals surface area contributed by atoms with Crippen LogP contribution in [-0.4, -0.2) is 6.54 Å². The van der Waals surface area contributed by atoms with E-state index in [1.54, 1.807) is 0 Å². The van der Waals surface area contributed by atoms with Gasteiger partial charge in [-0.2, -0.15) is 0 Å². The lowest BCUT2D eigenvalue weighted by Gasteiger charge is -2.29. The van der Waals surface area contributed by atoms with Crippen molar-refractivity contribution >= 4 is 15.9 Å². The van der Waals surface area contributed by atoms with E-state index in [0.29, 0.717) is 17.9 Å². The summed E-state index contributed by atoms with van der Waals surface area (Å²) in [7, 11) is 0. The van der Waals surface area contributed by atoms with Gasteiger partial charge in [-0.3, -0.25) is 0 Å². The van der Waals surface area contributed by atoms with Gasteiger partial charge in [0.1, 0.15) is 5.76 Å². The van der Waals surface area contributed by atoms with Crippen molar-refractivity contribution in [1.29, 1.82) is 0 Å². The van der Waals surface area contributed by atoms with Gasteiger partial charge in [0.15, 0.2) is 4.67 Å². The van der Waals surface area contributed by atoms with Crippen molar-refractivity contribution in [3.63, 3.8) is 0 Å². The Balaban J connectivity index is 2.41. The van der Waals surface area contributed by atoms with E-state index in [1.807, 2.05) is 0 Å². The highest BCUT2D eigenvalue weighted by Crippen LogP contribution is 2.37. The lowest BCUT2D eigenvalue weighted by molar-refractivity contribution is 0.339. The minimum Gasteiger partial charge on any atom is -0.454 e. The monoisotopic (exact) mass is 257 g/mol. The molecule has 1 aliphatic heterocycles. The Kier molecular flexibility index (Phi) is 2.71. The molecule has 1 aromatic rings. The fourth-order valence-electron chi connectivity index (χ4n) is 2.12. The molecule has 0 amide bonds. The SMILES string of the molecule is CC1CNC(C(C)C)c2cc(Br)oc21. The van der Waals surface area contributed by atoms with Crippen LogP contribution < -0.4 is 5.32 Å². The van der Waals surface area contributed by atoms with Crippen LogP contribution in [-0.2, 0) is 0 Å². The third-order valence-electron chi connectivity index (χ3n) is 2.85. The van der Waals surface area contributed by atoms with Crippen LogP contribution in [0, 0.1) is 5.92 Å². The quantitative estimate of drug-likeness (QED) is 0.834. The van der Waals surface area contributed by atoms with Gasteiger partial charge in [-0.1, -0.05) is 20.8 Å². The van der Waals surface area contributed by atoms with Crippen LogP contribution in [0.5, 0.6) is 0 Å². The number of furan rings is 1. The van der Waals surface area contributed by atoms with Crippen LogP contribution in [0.15, 0.2) is 15.2 Å². The molecule has 2 nitrogen and oxygen atoms in total. The number of hydrogen-bond acceptors (Lipinski definition) is 2. The Morgan fingerprint density at radius 3 is 2.93 bits per heavy atom. The fraction of sp³-hybridized carbons (Fsp3) is 0.636. The predicted molar refractivity (Wildman–Crippen MR) is 60.4 cm³/mol. The number of hydrogen-bond donors (Lipinski definition) is 1. The normalized spacial score (nSPS) is 26.6. The molecule has 0 fully saturated rings. The van der Waals surface area contributed by atoms with Crippen LogP contribution in [0.3, 0.4) is 0 Å². The highest BCUT2D eigenvalue weighted by Gasteiger charge is 2.29. The van der Waals surface area contributed by atoms with Gasteiger partial charge < -0.3 is 9.73 Å². The molecule has 1 aromatic heterocycles. The lowest BCUT2D eigenvalue weighted by atomic mass is 9.89. The maximum atomic E-state index is 5.68. The predicted octanol–water partition coefficient (Wildman–Crippen LogP) is 3.45. The summed E-state index contributed by atoms with van der Waals surface area (Å²) in [6.07, 6.45) is 0. The van der Waals surface area contributed by atoms with Gasteiger partial charge in [0.05, 0.1) is 0 Å². The largest absolute Gasteiger partial charge is 0.454 e. The molecule has 1 N–H and O–H groups in total. The van der Waals surface area contributed by atoms with E-state index in [0.717, 1.165) is 17.0 Å². The van der Waals surface area contributed by atoms with Gasteiger partial charge in [0.25, 0.3) is 0 Å². The maximum absolute atomic E-state index is 5.68. The second-order valence-corrected chi connectivity index (χ2v) is 5.18. The molecule has 0 spiro atoms. The van der Waals surface area contributed by atoms with Crippen LogP contribution in [0.25, 0.3) is 0 Å². The molecule has 0 bridgehead atoms. The van der Waals surface area contributed by atoms with Crippen molar-refractivity contribution in [3.8, 4) is 0 Å². The van der Waals surface area contributed by atoms with Crippen molar-refractivity contribution < 1.29 is 4.42 Å². The second-order valence-electron chi connectivity index (χ2n) is 4.40. The van der Waals surface area contributed by atoms with Gasteiger partial charge >= 0.3 is 0 Å². The summed E-state index contributed by atoms with van der Waals surface area (Å²) < 4.78 is 6.53. The maximum Gasteiger partial charge on any atom is 0.169 e. The van der Waals surface area contributed by atoms with E-state index < -0.39 is 0 Å². The number of nitrogens with one attached hydrogen (secondary N) is 1. The van der Waals surface area contributed by atoms with E-state index in [2.05, 4.69) is 48.1 Å². The summed E-state index contributed by atoms with van der Waals surface area (Å²) in [5.41, 5.74) is 1.32. The van der Waals surface area contributed by atoms with Crippen molar-refractivity contribution in [3.05, 3.63) is 22.1 Å². The molecule has 14 heavy (non-hydrogen) atoms. The zero-order valence-corrected chi connectivity index (χ0v) is 10.4. The molecule has 0 saturated carbocycles. The first-order valence-corrected chi connectivity index (χ1v) is 5.91. The molecule has 0 aliphatic carbocycles. The summed E-state index contributed by atoms with van der Waals surface area (Å²) in [5, 5.41) is 3.56. The van der Waals surface area contributed by atoms with E-state index in [-0.39, 0.29) is 0 Å². The Morgan fingerprint density at radius 1 is 1.57 bits per heavy atom. The molecule has 0 aromatic carbocycles. The summed E-state index contributed by atoms with van der Waals surface area (Å²) in [6, 6.07) is 2.54. The Hall–Kier alpha value is -0.280. The number of rotatable bonds is 1. The molecule has 2 heterocycles. The summed E-state index contributed by atoms with van der Waals surface area (Å²) in [5.74, 6) is 2.23. The lowest BCUT2D eigenvalue weighted by Crippen LogP contribution is -2.34. The molecule has 2 atom stereocenters. The number of halogens is 1. The van der Waals surface area contributed by atoms with Crippen LogP contribution in [0.1, 0.15) is 44.1 Å². The van der Waals surface area contributed by atoms with Crippen molar-refractivity contribution in [2.24, 2.45) is 5.92 Å². The van der Waals surface area contributed by atoms with Crippen LogP contribution in [0.2, 0.25) is 0 Å². The van der Waals surface area contributed by atoms with Crippen molar-refractivity contribution in [2.75, 3.05) is 6.54 Å². The average molecular weight is 258 g/mol. The Bertz CT molecular complexity index is 332. The molecular formula is C11H16BrNO. The minimum absolute atomic E-state index is 0.441. The van der Waals surface area contributed by atoms with E-state index in [1.165, 1.54) is 5.56 Å². The average Bonchev–Trinajstić information content (AvgIpc) is 2.47. The third kappa shape index (κ3) is 1.63. The molecule has 2 unspecified atom stereocenters. The van der Waals surface area contributed by atoms with Gasteiger partial charge in [0.2, 0.25) is 0 Å². The van der Waals surface area contributed by atoms with E-state index in [4.69, 9.17) is 4.42 Å². The molecule has 2 rings (SSSR count). The third-order valence-corrected chi connectivity index (χ3v) is 3.25. The number of fused-ring (bicyclic) bond motifs is 1. The Morgan fingerprint density at radius 2 is 2.29 bits per heavy atom. The van der Waals surface area contributed by atoms with Crippen LogP contribution >= 0.6 is 15.9 Å². The van der Waals surface area contributed by atoms with Crippen molar-refractivity contribution in [2.45, 2.75) is 32.7 Å². The molecule has 1 aliphatic rings. The van der Waals surface area contributed by atoms with E-state index >= 15 is 0 Å². The topological polar surface area (TPSA) is 25.2 Å². The van der Waals surface area contributed by atoms with Gasteiger partial charge in [-0.25, -0.2) is 0 Å². The highest BCUT2D eigenvalue weighted by atomic mass is 79.9. The zero-order chi connectivity index (χ0) is 10.3. The summed E-state index contributed by atoms with van der Waals surface area (Å²) in [4.78, 5) is 0. The smallest absolute Gasteiger partial charge is 0.169 e. The molecule has 0 saturated heterocycles. The standard InChI is InChI=1S/C11H16BrNO/c1-6(2)10-8-4-9(12)14-11(8)7(3)5-13-10/h4,6-7,10,13H,5H2,1-3H3. The first-order valence-electron chi connectivity index (χ1n) is 5.12. The second kappa shape index (κ2) is 3.70. The summed E-state index contributed by atoms with van der Waals surface area (Å²) in [6.45, 7) is 7.67. The van der Waals surface area contributed by atoms with E-state index in [9.17, 15) is 0 Å². The van der Waals surface area contributed by atoms with Gasteiger partial charge in [-0.15, -0.1) is 0 Å². The van der Waals surface area contributed by atoms with Gasteiger partial charge in [-0.05, 0) is 27.9 Å². The molecular weight excluding hydrogens is 242 g/mol. The first-order chi connectivity index (χ1) is 6.59. The zero-order valence-electron chi connectivity index (χ0n) is 8.80. The molecule has 3 heteroatoms. The highest BCUT2D eigenvalue weighted by molar-refractivity contribution is 9.10. The van der Waals surface area contributed by atoms with Crippen molar-refractivity contribution in [1.82, 2.24) is 5.32 Å².